The Labute approximate surface area is 834 Å². The molecule has 0 saturated heterocycles. The van der Waals surface area contributed by atoms with Gasteiger partial charge >= 0.3 is 17.9 Å². The van der Waals surface area contributed by atoms with Crippen LogP contribution in [0.3, 0.4) is 0 Å². The first-order chi connectivity index (χ1) is 67.7. The maximum absolute atomic E-state index is 14.6. The maximum atomic E-state index is 14.6. The molecule has 0 aliphatic heterocycles. The largest absolute Gasteiger partial charge is 0.508 e. The molecular formula is C91H161N29O23. The Bertz CT molecular complexity index is 4250. The van der Waals surface area contributed by atoms with Crippen molar-refractivity contribution in [3.8, 4) is 5.75 Å². The molecule has 0 aliphatic carbocycles. The lowest BCUT2D eigenvalue weighted by Gasteiger charge is -2.28. The van der Waals surface area contributed by atoms with Gasteiger partial charge in [0, 0.05) is 45.4 Å². The second-order valence-corrected chi connectivity index (χ2v) is 35.7. The maximum Gasteiger partial charge on any atom is 0.326 e. The van der Waals surface area contributed by atoms with Gasteiger partial charge in [-0.15, -0.1) is 0 Å². The molecule has 1 aromatic rings. The van der Waals surface area contributed by atoms with Gasteiger partial charge < -0.3 is 161 Å². The summed E-state index contributed by atoms with van der Waals surface area (Å²) < 4.78 is 0. The first-order valence-corrected chi connectivity index (χ1v) is 49.0. The highest BCUT2D eigenvalue weighted by Gasteiger charge is 2.39. The molecule has 15 atom stereocenters. The molecule has 40 N–H and O–H groups in total. The lowest BCUT2D eigenvalue weighted by Crippen LogP contribution is -2.60. The predicted octanol–water partition coefficient (Wildman–Crippen LogP) is -4.60. The highest BCUT2D eigenvalue weighted by atomic mass is 16.4. The third-order valence-electron chi connectivity index (χ3n) is 22.8. The van der Waals surface area contributed by atoms with E-state index in [1.807, 2.05) is 0 Å². The third kappa shape index (κ3) is 57.8. The van der Waals surface area contributed by atoms with E-state index in [-0.39, 0.29) is 160 Å². The minimum atomic E-state index is -1.95. The van der Waals surface area contributed by atoms with Crippen molar-refractivity contribution in [2.24, 2.45) is 46.2 Å². The van der Waals surface area contributed by atoms with Crippen LogP contribution < -0.4 is 135 Å². The number of hydrogen-bond donors (Lipinski definition) is 34. The van der Waals surface area contributed by atoms with Gasteiger partial charge in [-0.05, 0) is 166 Å². The Kier molecular flexibility index (Phi) is 64.8. The molecule has 0 unspecified atom stereocenters. The SMILES string of the molecule is CCCCCCCCCCCCCC(=O)N[C@@H](CCC(=O)O)C(=O)N[C@@H](CC(C)C)C(=O)N[C@@H](CC(=O)O)C(=O)N[C@@H](CCCNC(=N)N)C(=O)N[C@H](C(=O)NCC(=O)N[C@@H](Cc1ccc(O)cc1)C(=O)NCC(=O)N[C@H](C(=O)N[C@@H](C)C(=O)N[C@@H](CCCNC(=N)N)C(=O)N[C@@H](CCCNC(=N)N)C(=O)N[C@H](CCCCN)C(=O)N[C@H](CCCCN)C(=O)N[C@@H](CCCNC(=N)N)C(=O)O)[C@@H](C)O)[C@@H](C)CC. The number of unbranched alkanes of at least 4 members (excludes halogenated alkanes) is 12. The lowest BCUT2D eigenvalue weighted by atomic mass is 9.97. The van der Waals surface area contributed by atoms with Crippen molar-refractivity contribution in [3.05, 3.63) is 29.8 Å². The molecule has 0 spiro atoms. The van der Waals surface area contributed by atoms with E-state index < -0.39 is 241 Å². The van der Waals surface area contributed by atoms with Gasteiger partial charge in [0.05, 0.1) is 25.6 Å². The Balaban J connectivity index is 3.57. The van der Waals surface area contributed by atoms with E-state index in [0.717, 1.165) is 51.9 Å². The van der Waals surface area contributed by atoms with Crippen LogP contribution in [0.5, 0.6) is 5.75 Å². The normalized spacial score (nSPS) is 14.1. The van der Waals surface area contributed by atoms with Gasteiger partial charge in [0.15, 0.2) is 23.8 Å². The van der Waals surface area contributed by atoms with Crippen molar-refractivity contribution >= 4 is 130 Å². The highest BCUT2D eigenvalue weighted by molar-refractivity contribution is 6.01. The number of carbonyl (C=O) groups excluding carboxylic acids is 15. The zero-order chi connectivity index (χ0) is 108. The van der Waals surface area contributed by atoms with Crippen LogP contribution in [0, 0.1) is 33.5 Å². The summed E-state index contributed by atoms with van der Waals surface area (Å²) in [5, 5.41) is 128. The molecule has 0 aliphatic rings. The van der Waals surface area contributed by atoms with Crippen molar-refractivity contribution in [2.45, 2.75) is 339 Å². The minimum Gasteiger partial charge on any atom is -0.508 e. The van der Waals surface area contributed by atoms with Crippen molar-refractivity contribution in [3.63, 3.8) is 0 Å². The molecule has 808 valence electrons. The van der Waals surface area contributed by atoms with E-state index in [0.29, 0.717) is 31.2 Å². The lowest BCUT2D eigenvalue weighted by molar-refractivity contribution is -0.142. The summed E-state index contributed by atoms with van der Waals surface area (Å²) in [5.41, 5.74) is 33.7. The van der Waals surface area contributed by atoms with Crippen molar-refractivity contribution in [1.29, 1.82) is 21.6 Å². The smallest absolute Gasteiger partial charge is 0.326 e. The van der Waals surface area contributed by atoms with Crippen LogP contribution >= 0.6 is 0 Å². The molecule has 1 rings (SSSR count). The number of phenols is 1. The number of aliphatic hydroxyl groups is 1. The molecule has 0 fully saturated rings. The Morgan fingerprint density at radius 3 is 1.08 bits per heavy atom. The summed E-state index contributed by atoms with van der Waals surface area (Å²) >= 11 is 0. The van der Waals surface area contributed by atoms with E-state index in [9.17, 15) is 112 Å². The zero-order valence-electron chi connectivity index (χ0n) is 83.4. The van der Waals surface area contributed by atoms with Gasteiger partial charge in [0.25, 0.3) is 0 Å². The molecule has 0 aromatic heterocycles. The first kappa shape index (κ1) is 127. The zero-order valence-corrected chi connectivity index (χ0v) is 83.4. The summed E-state index contributed by atoms with van der Waals surface area (Å²) in [6.07, 6.45) is 7.90. The molecular weight excluding hydrogens is 1870 g/mol. The molecule has 15 amide bonds. The number of carboxylic acid groups (broad SMARTS) is 3. The van der Waals surface area contributed by atoms with Gasteiger partial charge in [-0.3, -0.25) is 103 Å². The van der Waals surface area contributed by atoms with Crippen LogP contribution in [0.15, 0.2) is 24.3 Å². The van der Waals surface area contributed by atoms with Crippen LogP contribution in [-0.2, 0) is 92.7 Å². The van der Waals surface area contributed by atoms with Crippen molar-refractivity contribution < 1.29 is 112 Å². The number of nitrogens with two attached hydrogens (primary N) is 6. The van der Waals surface area contributed by atoms with Crippen molar-refractivity contribution in [2.75, 3.05) is 52.4 Å². The molecule has 52 nitrogen and oxygen atoms in total. The minimum absolute atomic E-state index is 0.0100. The predicted molar refractivity (Wildman–Crippen MR) is 529 cm³/mol. The average molecular weight is 2030 g/mol. The van der Waals surface area contributed by atoms with Gasteiger partial charge in [-0.1, -0.05) is 117 Å². The van der Waals surface area contributed by atoms with Crippen LogP contribution in [0.25, 0.3) is 0 Å². The topological polar surface area (TPSA) is 888 Å². The highest BCUT2D eigenvalue weighted by Crippen LogP contribution is 2.18. The number of carboxylic acids is 3. The Morgan fingerprint density at radius 2 is 0.685 bits per heavy atom. The monoisotopic (exact) mass is 2030 g/mol. The van der Waals surface area contributed by atoms with Gasteiger partial charge in [0.1, 0.15) is 84.3 Å². The fourth-order valence-electron chi connectivity index (χ4n) is 14.6. The van der Waals surface area contributed by atoms with Crippen molar-refractivity contribution in [1.82, 2.24) is 101 Å². The van der Waals surface area contributed by atoms with Gasteiger partial charge in [0.2, 0.25) is 88.6 Å². The quantitative estimate of drug-likeness (QED) is 0.0166. The standard InChI is InChI=1S/C91H161N29O23/c1-8-10-11-12-13-14-15-16-17-18-19-34-68(123)109-63(39-40-71(126)127)81(136)117-65(47-52(3)4)83(138)118-67(49-72(128)129)84(139)115-62(32-26-45-104-90(98)99)82(137)120-73(53(5)9-2)85(140)107-50-69(124)110-66(48-56-35-37-57(122)38-36-56)76(131)106-51-70(125)119-74(55(7)121)86(141)108-54(6)75(130)111-60(30-24-43-102-88(94)95)78(133)114-61(31-25-44-103-89(96)97)79(134)112-58(28-20-22-41-92)77(132)113-59(29-21-23-42-93)80(135)116-64(87(142)143)33-27-46-105-91(100)101/h35-38,52-55,58-67,73-74,121-122H,8-34,39-51,92-93H2,1-7H3,(H,106,131)(H,107,140)(H,108,141)(H,109,123)(H,110,124)(H,111,130)(H,112,134)(H,113,132)(H,114,133)(H,115,139)(H,116,135)(H,117,136)(H,118,138)(H,119,125)(H,120,137)(H,126,127)(H,128,129)(H,142,143)(H4,94,95,102)(H4,96,97,103)(H4,98,99,104)(H4,100,101,105)/t53-,54-,55+,58+,59+,60-,61-,62-,63-,64-,65-,66-,67-,73-,74-/m0/s1. The molecule has 0 radical (unpaired) electrons. The number of rotatable bonds is 78. The number of benzene rings is 1. The first-order valence-electron chi connectivity index (χ1n) is 49.0. The molecule has 52 heteroatoms. The van der Waals surface area contributed by atoms with Crippen LogP contribution in [0.1, 0.15) is 253 Å². The summed E-state index contributed by atoms with van der Waals surface area (Å²) in [7, 11) is 0. The Morgan fingerprint density at radius 1 is 0.329 bits per heavy atom. The fraction of sp³-hybridized carbons (Fsp3) is 0.692. The van der Waals surface area contributed by atoms with Crippen LogP contribution in [0.2, 0.25) is 0 Å². The summed E-state index contributed by atoms with van der Waals surface area (Å²) in [5.74, 6) is -22.2. The number of aliphatic hydroxyl groups excluding tert-OH is 1. The molecule has 0 heterocycles. The summed E-state index contributed by atoms with van der Waals surface area (Å²) in [6.45, 7) is 9.57. The van der Waals surface area contributed by atoms with Crippen LogP contribution in [-0.4, -0.2) is 293 Å². The summed E-state index contributed by atoms with van der Waals surface area (Å²) in [4.78, 5) is 248. The molecule has 0 bridgehead atoms. The molecule has 0 saturated carbocycles. The van der Waals surface area contributed by atoms with E-state index >= 15 is 0 Å². The third-order valence-corrected chi connectivity index (χ3v) is 22.8. The van der Waals surface area contributed by atoms with E-state index in [1.165, 1.54) is 50.5 Å². The fourth-order valence-corrected chi connectivity index (χ4v) is 14.6. The van der Waals surface area contributed by atoms with E-state index in [1.54, 1.807) is 27.7 Å². The number of carbonyl (C=O) groups is 18. The van der Waals surface area contributed by atoms with Gasteiger partial charge in [-0.25, -0.2) is 4.79 Å². The average Bonchev–Trinajstić information content (AvgIpc) is 1.58. The second kappa shape index (κ2) is 72.7. The number of amides is 15. The summed E-state index contributed by atoms with van der Waals surface area (Å²) in [6, 6.07) is -15.1. The number of guanidine groups is 4. The number of phenolic OH excluding ortho intramolecular Hbond substituents is 1. The number of aliphatic carboxylic acids is 3. The second-order valence-electron chi connectivity index (χ2n) is 35.7. The molecule has 143 heavy (non-hydrogen) atoms. The van der Waals surface area contributed by atoms with E-state index in [2.05, 4.69) is 108 Å². The van der Waals surface area contributed by atoms with Crippen LogP contribution in [0.4, 0.5) is 0 Å². The Hall–Kier alpha value is -13.6. The number of hydrogen-bond acceptors (Lipinski definition) is 26. The molecule has 1 aromatic carbocycles. The number of aromatic hydroxyl groups is 1. The van der Waals surface area contributed by atoms with Gasteiger partial charge in [-0.2, -0.15) is 0 Å². The van der Waals surface area contributed by atoms with E-state index in [4.69, 9.17) is 56.0 Å². The number of nitrogens with one attached hydrogen (secondary N) is 23.